The number of rotatable bonds is 0. The van der Waals surface area contributed by atoms with E-state index in [-0.39, 0.29) is 29.1 Å². The number of hydrogen-bond acceptors (Lipinski definition) is 3. The van der Waals surface area contributed by atoms with E-state index < -0.39 is 0 Å². The van der Waals surface area contributed by atoms with Crippen molar-refractivity contribution < 1.29 is 4.42 Å². The van der Waals surface area contributed by atoms with Crippen LogP contribution in [0.3, 0.4) is 0 Å². The van der Waals surface area contributed by atoms with Crippen LogP contribution < -0.4 is 0 Å². The monoisotopic (exact) mass is 795 g/mol. The molecule has 4 nitrogen and oxygen atoms in total. The van der Waals surface area contributed by atoms with E-state index in [9.17, 15) is 10.5 Å². The average Bonchev–Trinajstić information content (AvgIpc) is 4.02. The second-order valence-corrected chi connectivity index (χ2v) is 18.7. The lowest BCUT2D eigenvalue weighted by atomic mass is 9.43. The Balaban J connectivity index is 1.12. The van der Waals surface area contributed by atoms with Gasteiger partial charge >= 0.3 is 0 Å². The van der Waals surface area contributed by atoms with E-state index in [1.165, 1.54) is 82.7 Å². The first-order chi connectivity index (χ1) is 31.2. The van der Waals surface area contributed by atoms with Gasteiger partial charge in [0.15, 0.2) is 0 Å². The molecule has 18 rings (SSSR count). The molecule has 0 radical (unpaired) electrons. The fraction of sp³-hybridized carbons (Fsp3) is 0.0847. The van der Waals surface area contributed by atoms with Crippen LogP contribution in [0.5, 0.6) is 0 Å². The van der Waals surface area contributed by atoms with Crippen molar-refractivity contribution in [2.45, 2.75) is 29.1 Å². The van der Waals surface area contributed by atoms with E-state index in [4.69, 9.17) is 4.42 Å². The first-order valence-electron chi connectivity index (χ1n) is 22.0. The smallest absolute Gasteiger partial charge is 0.145 e. The molecule has 0 saturated heterocycles. The molecule has 3 atom stereocenters. The predicted octanol–water partition coefficient (Wildman–Crippen LogP) is 13.5. The molecule has 3 aromatic heterocycles. The highest BCUT2D eigenvalue weighted by molar-refractivity contribution is 6.34. The van der Waals surface area contributed by atoms with Crippen LogP contribution in [0.2, 0.25) is 0 Å². The lowest BCUT2D eigenvalue weighted by molar-refractivity contribution is 0.333. The van der Waals surface area contributed by atoms with E-state index in [2.05, 4.69) is 168 Å². The average molecular weight is 796 g/mol. The molecule has 12 aromatic rings. The predicted molar refractivity (Wildman–Crippen MR) is 247 cm³/mol. The molecule has 3 unspecified atom stereocenters. The van der Waals surface area contributed by atoms with E-state index in [1.807, 2.05) is 0 Å². The van der Waals surface area contributed by atoms with E-state index in [0.29, 0.717) is 5.56 Å². The zero-order valence-electron chi connectivity index (χ0n) is 33.5. The maximum atomic E-state index is 11.3. The minimum atomic E-state index is -0.221. The molecule has 0 amide bonds. The summed E-state index contributed by atoms with van der Waals surface area (Å²) in [6, 6.07) is 61.0. The van der Waals surface area contributed by atoms with Crippen molar-refractivity contribution in [3.05, 3.63) is 230 Å². The number of nitrogens with zero attached hydrogens (tertiary/aromatic N) is 3. The van der Waals surface area contributed by atoms with Gasteiger partial charge in [-0.25, -0.2) is 0 Å². The zero-order valence-corrected chi connectivity index (χ0v) is 33.5. The van der Waals surface area contributed by atoms with Gasteiger partial charge in [0.1, 0.15) is 11.2 Å². The quantitative estimate of drug-likeness (QED) is 0.154. The summed E-state index contributed by atoms with van der Waals surface area (Å²) in [6.07, 6.45) is 0. The van der Waals surface area contributed by atoms with Gasteiger partial charge < -0.3 is 8.82 Å². The molecule has 0 saturated carbocycles. The molecule has 63 heavy (non-hydrogen) atoms. The highest BCUT2D eigenvalue weighted by Gasteiger charge is 2.70. The Morgan fingerprint density at radius 1 is 0.460 bits per heavy atom. The summed E-state index contributed by atoms with van der Waals surface area (Å²) in [7, 11) is 0. The van der Waals surface area contributed by atoms with Gasteiger partial charge in [0, 0.05) is 56.0 Å². The van der Waals surface area contributed by atoms with Crippen LogP contribution in [0, 0.1) is 22.7 Å². The summed E-state index contributed by atoms with van der Waals surface area (Å²) in [4.78, 5) is 0. The third-order valence-corrected chi connectivity index (χ3v) is 16.6. The highest BCUT2D eigenvalue weighted by Crippen LogP contribution is 2.78. The molecule has 286 valence electrons. The fourth-order valence-electron chi connectivity index (χ4n) is 14.6. The number of fused-ring (bicyclic) bond motifs is 19. The molecule has 1 spiro atoms. The normalized spacial score (nSPS) is 21.4. The summed E-state index contributed by atoms with van der Waals surface area (Å²) in [5.74, 6) is 0.0918. The van der Waals surface area contributed by atoms with Gasteiger partial charge in [-0.2, -0.15) is 10.5 Å². The van der Waals surface area contributed by atoms with Crippen LogP contribution in [0.1, 0.15) is 102 Å². The molecule has 4 heteroatoms. The molecule has 6 aliphatic rings. The topological polar surface area (TPSA) is 65.1 Å². The van der Waals surface area contributed by atoms with Crippen LogP contribution >= 0.6 is 0 Å². The Morgan fingerprint density at radius 2 is 0.984 bits per heavy atom. The number of nitriles is 2. The van der Waals surface area contributed by atoms with Gasteiger partial charge in [-0.05, 0) is 108 Å². The lowest BCUT2D eigenvalue weighted by Crippen LogP contribution is -2.52. The van der Waals surface area contributed by atoms with Gasteiger partial charge in [0.2, 0.25) is 0 Å². The Bertz CT molecular complexity index is 4290. The second kappa shape index (κ2) is 10.1. The van der Waals surface area contributed by atoms with Crippen molar-refractivity contribution in [1.82, 2.24) is 4.40 Å². The summed E-state index contributed by atoms with van der Waals surface area (Å²) in [5.41, 5.74) is 21.6. The van der Waals surface area contributed by atoms with Crippen LogP contribution in [0.4, 0.5) is 0 Å². The van der Waals surface area contributed by atoms with Crippen molar-refractivity contribution in [3.8, 4) is 12.1 Å². The van der Waals surface area contributed by atoms with Gasteiger partial charge in [-0.15, -0.1) is 0 Å². The summed E-state index contributed by atoms with van der Waals surface area (Å²) in [5, 5.41) is 31.7. The first kappa shape index (κ1) is 31.7. The third kappa shape index (κ3) is 3.13. The maximum absolute atomic E-state index is 11.3. The fourth-order valence-corrected chi connectivity index (χ4v) is 14.6. The van der Waals surface area contributed by atoms with E-state index in [0.717, 1.165) is 60.4 Å². The van der Waals surface area contributed by atoms with Crippen LogP contribution in [0.15, 0.2) is 156 Å². The van der Waals surface area contributed by atoms with Crippen molar-refractivity contribution in [1.29, 1.82) is 10.5 Å². The molecule has 2 bridgehead atoms. The molecule has 0 N–H and O–H groups in total. The zero-order chi connectivity index (χ0) is 40.8. The van der Waals surface area contributed by atoms with Crippen molar-refractivity contribution >= 4 is 70.8 Å². The van der Waals surface area contributed by atoms with Gasteiger partial charge in [0.25, 0.3) is 0 Å². The van der Waals surface area contributed by atoms with Crippen molar-refractivity contribution in [3.63, 3.8) is 0 Å². The third-order valence-electron chi connectivity index (χ3n) is 16.6. The van der Waals surface area contributed by atoms with E-state index in [1.54, 1.807) is 0 Å². The highest BCUT2D eigenvalue weighted by atomic mass is 16.3. The van der Waals surface area contributed by atoms with Crippen molar-refractivity contribution in [2.24, 2.45) is 0 Å². The standard InChI is InChI=1S/C59H29N3O/c60-26-30-22-43-50(52-46(30)48-32-13-3-5-15-34(32)49(52)35-16-6-4-14-33(35)48)40-25-39-38-21-28-11-1-2-12-29(28)24-45(38)63-58(39)54-51-44(62(43)57(40)54)23-31(27-61)47-53(51)56-37-18-8-10-20-42(37)59(56)41-19-9-7-17-36(41)55(47)59/h1-25,48-49,55-56H. The molecule has 0 aliphatic heterocycles. The summed E-state index contributed by atoms with van der Waals surface area (Å²) in [6.45, 7) is 0. The second-order valence-electron chi connectivity index (χ2n) is 18.7. The number of aromatic nitrogens is 1. The Kier molecular flexibility index (Phi) is 5.08. The summed E-state index contributed by atoms with van der Waals surface area (Å²) >= 11 is 0. The molecule has 6 aliphatic carbocycles. The van der Waals surface area contributed by atoms with Crippen molar-refractivity contribution in [2.75, 3.05) is 0 Å². The molecular formula is C59H29N3O. The lowest BCUT2D eigenvalue weighted by Gasteiger charge is -2.58. The van der Waals surface area contributed by atoms with E-state index >= 15 is 0 Å². The summed E-state index contributed by atoms with van der Waals surface area (Å²) < 4.78 is 9.66. The molecular weight excluding hydrogens is 767 g/mol. The largest absolute Gasteiger partial charge is 0.455 e. The minimum Gasteiger partial charge on any atom is -0.455 e. The minimum absolute atomic E-state index is 0.0366. The Hall–Kier alpha value is -8.18. The molecule has 0 fully saturated rings. The number of hydrogen-bond donors (Lipinski definition) is 0. The maximum Gasteiger partial charge on any atom is 0.145 e. The first-order valence-corrected chi connectivity index (χ1v) is 22.0. The molecule has 9 aromatic carbocycles. The Labute approximate surface area is 359 Å². The van der Waals surface area contributed by atoms with Gasteiger partial charge in [0.05, 0.1) is 45.2 Å². The van der Waals surface area contributed by atoms with Crippen LogP contribution in [0.25, 0.3) is 70.8 Å². The van der Waals surface area contributed by atoms with Gasteiger partial charge in [-0.1, -0.05) is 121 Å². The Morgan fingerprint density at radius 3 is 1.62 bits per heavy atom. The number of benzene rings is 9. The van der Waals surface area contributed by atoms with Gasteiger partial charge in [-0.3, -0.25) is 0 Å². The SMILES string of the molecule is N#Cc1cc2c(c3c1C1c4ccccc4C3c3ccccc31)c1cc3c4cc5ccccc5cc4oc3c3c4c5c(c(C#N)cc4n2c13)C1c2ccccc2C12c1ccccc1C52. The number of furan rings is 1. The van der Waals surface area contributed by atoms with Crippen LogP contribution in [-0.4, -0.2) is 4.40 Å². The molecule has 3 heterocycles. The van der Waals surface area contributed by atoms with Crippen LogP contribution in [-0.2, 0) is 5.41 Å².